The monoisotopic (exact) mass is 357 g/mol. The van der Waals surface area contributed by atoms with Gasteiger partial charge in [-0.25, -0.2) is 4.39 Å². The van der Waals surface area contributed by atoms with Crippen molar-refractivity contribution in [3.05, 3.63) is 35.6 Å². The standard InChI is InChI=1S/C18H23F4N3/c1-23-17(24-12-6-4-5-11(9-12)18(20,21)22)25-16-10-14(16)13-7-2-3-8-15(13)19/h2-3,7-8,11-12,14,16H,4-6,9-10H2,1H3,(H2,23,24,25). The molecule has 4 unspecified atom stereocenters. The van der Waals surface area contributed by atoms with Gasteiger partial charge in [0.1, 0.15) is 5.82 Å². The van der Waals surface area contributed by atoms with Gasteiger partial charge in [0, 0.05) is 25.0 Å². The number of halogens is 4. The second kappa shape index (κ2) is 7.22. The average molecular weight is 357 g/mol. The zero-order valence-corrected chi connectivity index (χ0v) is 14.1. The van der Waals surface area contributed by atoms with Crippen LogP contribution in [-0.2, 0) is 0 Å². The predicted molar refractivity (Wildman–Crippen MR) is 89.0 cm³/mol. The molecule has 0 aromatic heterocycles. The molecule has 7 heteroatoms. The van der Waals surface area contributed by atoms with Crippen molar-refractivity contribution in [1.29, 1.82) is 0 Å². The summed E-state index contributed by atoms with van der Waals surface area (Å²) < 4.78 is 52.6. The number of hydrogen-bond donors (Lipinski definition) is 2. The second-order valence-electron chi connectivity index (χ2n) is 6.93. The maximum Gasteiger partial charge on any atom is 0.391 e. The molecule has 138 valence electrons. The molecule has 0 heterocycles. The first-order valence-electron chi connectivity index (χ1n) is 8.69. The summed E-state index contributed by atoms with van der Waals surface area (Å²) in [4.78, 5) is 4.12. The first kappa shape index (κ1) is 18.0. The highest BCUT2D eigenvalue weighted by Crippen LogP contribution is 2.42. The second-order valence-corrected chi connectivity index (χ2v) is 6.93. The molecule has 1 aromatic rings. The lowest BCUT2D eigenvalue weighted by atomic mass is 9.85. The van der Waals surface area contributed by atoms with Gasteiger partial charge in [0.2, 0.25) is 0 Å². The van der Waals surface area contributed by atoms with Gasteiger partial charge in [-0.05, 0) is 37.3 Å². The number of aliphatic imine (C=N–C) groups is 1. The van der Waals surface area contributed by atoms with Gasteiger partial charge in [-0.3, -0.25) is 4.99 Å². The van der Waals surface area contributed by atoms with Crippen molar-refractivity contribution in [2.75, 3.05) is 7.05 Å². The number of alkyl halides is 3. The van der Waals surface area contributed by atoms with Crippen LogP contribution in [0, 0.1) is 11.7 Å². The third kappa shape index (κ3) is 4.44. The Morgan fingerprint density at radius 3 is 2.56 bits per heavy atom. The highest BCUT2D eigenvalue weighted by atomic mass is 19.4. The molecule has 2 aliphatic rings. The summed E-state index contributed by atoms with van der Waals surface area (Å²) in [5, 5.41) is 6.32. The Labute approximate surface area is 144 Å². The molecule has 3 nitrogen and oxygen atoms in total. The van der Waals surface area contributed by atoms with E-state index >= 15 is 0 Å². The van der Waals surface area contributed by atoms with Crippen molar-refractivity contribution >= 4 is 5.96 Å². The molecule has 2 N–H and O–H groups in total. The van der Waals surface area contributed by atoms with Crippen molar-refractivity contribution < 1.29 is 17.6 Å². The van der Waals surface area contributed by atoms with Crippen molar-refractivity contribution in [1.82, 2.24) is 10.6 Å². The molecule has 2 saturated carbocycles. The summed E-state index contributed by atoms with van der Waals surface area (Å²) in [5.74, 6) is -0.894. The maximum atomic E-state index is 13.8. The normalized spacial score (nSPS) is 30.0. The van der Waals surface area contributed by atoms with Crippen molar-refractivity contribution in [3.63, 3.8) is 0 Å². The van der Waals surface area contributed by atoms with Crippen LogP contribution in [0.2, 0.25) is 0 Å². The van der Waals surface area contributed by atoms with Crippen LogP contribution in [0.25, 0.3) is 0 Å². The molecule has 0 saturated heterocycles. The van der Waals surface area contributed by atoms with E-state index in [0.29, 0.717) is 24.4 Å². The average Bonchev–Trinajstić information content (AvgIpc) is 3.33. The lowest BCUT2D eigenvalue weighted by Gasteiger charge is -2.32. The number of benzene rings is 1. The quantitative estimate of drug-likeness (QED) is 0.488. The molecule has 0 amide bonds. The van der Waals surface area contributed by atoms with E-state index in [9.17, 15) is 17.6 Å². The van der Waals surface area contributed by atoms with E-state index in [-0.39, 0.29) is 36.7 Å². The van der Waals surface area contributed by atoms with Gasteiger partial charge in [-0.2, -0.15) is 13.2 Å². The zero-order chi connectivity index (χ0) is 18.0. The summed E-state index contributed by atoms with van der Waals surface area (Å²) in [6.07, 6.45) is -1.81. The number of nitrogens with zero attached hydrogens (tertiary/aromatic N) is 1. The molecule has 3 rings (SSSR count). The molecule has 0 radical (unpaired) electrons. The molecular weight excluding hydrogens is 334 g/mol. The van der Waals surface area contributed by atoms with Crippen LogP contribution >= 0.6 is 0 Å². The molecule has 2 aliphatic carbocycles. The molecule has 0 spiro atoms. The third-order valence-corrected chi connectivity index (χ3v) is 5.12. The highest BCUT2D eigenvalue weighted by molar-refractivity contribution is 5.80. The predicted octanol–water partition coefficient (Wildman–Crippen LogP) is 3.97. The summed E-state index contributed by atoms with van der Waals surface area (Å²) >= 11 is 0. The Bertz CT molecular complexity index is 629. The summed E-state index contributed by atoms with van der Waals surface area (Å²) in [5.41, 5.74) is 0.672. The fourth-order valence-corrected chi connectivity index (χ4v) is 3.63. The first-order chi connectivity index (χ1) is 11.9. The molecular formula is C18H23F4N3. The Kier molecular flexibility index (Phi) is 5.20. The van der Waals surface area contributed by atoms with E-state index in [1.807, 2.05) is 0 Å². The fourth-order valence-electron chi connectivity index (χ4n) is 3.63. The van der Waals surface area contributed by atoms with Crippen molar-refractivity contribution in [3.8, 4) is 0 Å². The SMILES string of the molecule is CN=C(NC1CCCC(C(F)(F)F)C1)NC1CC1c1ccccc1F. The Morgan fingerprint density at radius 1 is 1.12 bits per heavy atom. The minimum Gasteiger partial charge on any atom is -0.354 e. The van der Waals surface area contributed by atoms with Gasteiger partial charge in [0.15, 0.2) is 5.96 Å². The first-order valence-corrected chi connectivity index (χ1v) is 8.69. The summed E-state index contributed by atoms with van der Waals surface area (Å²) in [7, 11) is 1.60. The van der Waals surface area contributed by atoms with Gasteiger partial charge in [-0.1, -0.05) is 24.6 Å². The van der Waals surface area contributed by atoms with E-state index in [0.717, 1.165) is 6.42 Å². The minimum absolute atomic E-state index is 0.0603. The molecule has 0 aliphatic heterocycles. The van der Waals surface area contributed by atoms with Crippen LogP contribution in [0.15, 0.2) is 29.3 Å². The van der Waals surface area contributed by atoms with E-state index < -0.39 is 12.1 Å². The van der Waals surface area contributed by atoms with E-state index in [1.54, 1.807) is 25.2 Å². The molecule has 0 bridgehead atoms. The number of rotatable bonds is 3. The fraction of sp³-hybridized carbons (Fsp3) is 0.611. The topological polar surface area (TPSA) is 36.4 Å². The minimum atomic E-state index is -4.14. The van der Waals surface area contributed by atoms with Crippen molar-refractivity contribution in [2.45, 2.75) is 56.3 Å². The van der Waals surface area contributed by atoms with Crippen molar-refractivity contribution in [2.24, 2.45) is 10.9 Å². The highest BCUT2D eigenvalue weighted by Gasteiger charge is 2.43. The largest absolute Gasteiger partial charge is 0.391 e. The molecule has 1 aromatic carbocycles. The van der Waals surface area contributed by atoms with Gasteiger partial charge < -0.3 is 10.6 Å². The third-order valence-electron chi connectivity index (χ3n) is 5.12. The van der Waals surface area contributed by atoms with Crippen LogP contribution in [0.5, 0.6) is 0 Å². The Morgan fingerprint density at radius 2 is 1.88 bits per heavy atom. The Hall–Kier alpha value is -1.79. The summed E-state index contributed by atoms with van der Waals surface area (Å²) in [6, 6.07) is 6.50. The number of nitrogens with one attached hydrogen (secondary N) is 2. The van der Waals surface area contributed by atoms with E-state index in [4.69, 9.17) is 0 Å². The maximum absolute atomic E-state index is 13.8. The van der Waals surface area contributed by atoms with Crippen LogP contribution < -0.4 is 10.6 Å². The molecule has 4 atom stereocenters. The molecule has 2 fully saturated rings. The smallest absolute Gasteiger partial charge is 0.354 e. The van der Waals surface area contributed by atoms with Gasteiger partial charge >= 0.3 is 6.18 Å². The van der Waals surface area contributed by atoms with Crippen LogP contribution in [0.4, 0.5) is 17.6 Å². The van der Waals surface area contributed by atoms with Crippen LogP contribution in [0.3, 0.4) is 0 Å². The van der Waals surface area contributed by atoms with Gasteiger partial charge in [-0.15, -0.1) is 0 Å². The zero-order valence-electron chi connectivity index (χ0n) is 14.1. The van der Waals surface area contributed by atoms with Crippen LogP contribution in [0.1, 0.15) is 43.6 Å². The van der Waals surface area contributed by atoms with E-state index in [2.05, 4.69) is 15.6 Å². The lowest BCUT2D eigenvalue weighted by Crippen LogP contribution is -2.47. The van der Waals surface area contributed by atoms with Gasteiger partial charge in [0.25, 0.3) is 0 Å². The number of guanidine groups is 1. The lowest BCUT2D eigenvalue weighted by molar-refractivity contribution is -0.183. The molecule has 25 heavy (non-hydrogen) atoms. The Balaban J connectivity index is 1.54. The number of hydrogen-bond acceptors (Lipinski definition) is 1. The van der Waals surface area contributed by atoms with Crippen LogP contribution in [-0.4, -0.2) is 31.3 Å². The summed E-state index contributed by atoms with van der Waals surface area (Å²) in [6.45, 7) is 0. The van der Waals surface area contributed by atoms with Gasteiger partial charge in [0.05, 0.1) is 5.92 Å². The van der Waals surface area contributed by atoms with E-state index in [1.165, 1.54) is 6.07 Å².